The zero-order valence-corrected chi connectivity index (χ0v) is 14.9. The molecule has 3 rings (SSSR count). The second-order valence-electron chi connectivity index (χ2n) is 5.96. The minimum absolute atomic E-state index is 0.193. The Morgan fingerprint density at radius 3 is 2.69 bits per heavy atom. The van der Waals surface area contributed by atoms with Crippen molar-refractivity contribution >= 4 is 5.96 Å². The number of para-hydroxylation sites is 1. The Morgan fingerprint density at radius 2 is 1.96 bits per heavy atom. The SMILES string of the molecule is CN=C(NCc1ccc(C)c(F)c1)NCc1ccccc1-n1ccnc1. The van der Waals surface area contributed by atoms with Crippen molar-refractivity contribution in [1.82, 2.24) is 20.2 Å². The minimum atomic E-state index is -0.193. The molecule has 0 atom stereocenters. The Morgan fingerprint density at radius 1 is 1.15 bits per heavy atom. The molecule has 1 heterocycles. The lowest BCUT2D eigenvalue weighted by Gasteiger charge is -2.15. The molecule has 0 aliphatic rings. The van der Waals surface area contributed by atoms with Gasteiger partial charge < -0.3 is 15.2 Å². The van der Waals surface area contributed by atoms with Crippen LogP contribution in [0.15, 0.2) is 66.2 Å². The van der Waals surface area contributed by atoms with Gasteiger partial charge in [0.1, 0.15) is 5.82 Å². The summed E-state index contributed by atoms with van der Waals surface area (Å²) < 4.78 is 15.6. The fraction of sp³-hybridized carbons (Fsp3) is 0.200. The van der Waals surface area contributed by atoms with E-state index >= 15 is 0 Å². The van der Waals surface area contributed by atoms with Gasteiger partial charge >= 0.3 is 0 Å². The molecule has 2 N–H and O–H groups in total. The van der Waals surface area contributed by atoms with Crippen LogP contribution in [0.2, 0.25) is 0 Å². The summed E-state index contributed by atoms with van der Waals surface area (Å²) in [4.78, 5) is 8.34. The van der Waals surface area contributed by atoms with Crippen LogP contribution in [0.25, 0.3) is 5.69 Å². The van der Waals surface area contributed by atoms with E-state index in [0.29, 0.717) is 24.6 Å². The molecule has 5 nitrogen and oxygen atoms in total. The molecule has 0 aliphatic heterocycles. The standard InChI is InChI=1S/C20H22FN5/c1-15-7-8-16(11-18(15)21)12-24-20(22-2)25-13-17-5-3-4-6-19(17)26-10-9-23-14-26/h3-11,14H,12-13H2,1-2H3,(H2,22,24,25). The molecule has 0 saturated carbocycles. The highest BCUT2D eigenvalue weighted by Gasteiger charge is 2.06. The Kier molecular flexibility index (Phi) is 5.63. The lowest BCUT2D eigenvalue weighted by atomic mass is 10.1. The van der Waals surface area contributed by atoms with E-state index < -0.39 is 0 Å². The van der Waals surface area contributed by atoms with Crippen LogP contribution in [0, 0.1) is 12.7 Å². The van der Waals surface area contributed by atoms with Crippen LogP contribution in [0.5, 0.6) is 0 Å². The number of rotatable bonds is 5. The van der Waals surface area contributed by atoms with Gasteiger partial charge in [-0.05, 0) is 35.7 Å². The summed E-state index contributed by atoms with van der Waals surface area (Å²) in [5.74, 6) is 0.466. The van der Waals surface area contributed by atoms with Gasteiger partial charge in [-0.25, -0.2) is 9.37 Å². The van der Waals surface area contributed by atoms with Gasteiger partial charge in [-0.15, -0.1) is 0 Å². The minimum Gasteiger partial charge on any atom is -0.352 e. The maximum Gasteiger partial charge on any atom is 0.191 e. The highest BCUT2D eigenvalue weighted by atomic mass is 19.1. The molecule has 0 bridgehead atoms. The predicted molar refractivity (Wildman–Crippen MR) is 102 cm³/mol. The molecular weight excluding hydrogens is 329 g/mol. The topological polar surface area (TPSA) is 54.2 Å². The molecule has 0 radical (unpaired) electrons. The maximum atomic E-state index is 13.7. The monoisotopic (exact) mass is 351 g/mol. The lowest BCUT2D eigenvalue weighted by Crippen LogP contribution is -2.36. The molecule has 0 aliphatic carbocycles. The van der Waals surface area contributed by atoms with Crippen LogP contribution in [-0.2, 0) is 13.1 Å². The molecule has 134 valence electrons. The van der Waals surface area contributed by atoms with Crippen molar-refractivity contribution in [3.63, 3.8) is 0 Å². The first-order valence-electron chi connectivity index (χ1n) is 8.43. The van der Waals surface area contributed by atoms with Gasteiger partial charge in [-0.1, -0.05) is 30.3 Å². The molecule has 0 unspecified atom stereocenters. The van der Waals surface area contributed by atoms with Crippen molar-refractivity contribution in [2.75, 3.05) is 7.05 Å². The van der Waals surface area contributed by atoms with Crippen LogP contribution in [0.4, 0.5) is 4.39 Å². The van der Waals surface area contributed by atoms with Crippen molar-refractivity contribution in [3.8, 4) is 5.69 Å². The molecule has 0 spiro atoms. The summed E-state index contributed by atoms with van der Waals surface area (Å²) in [5, 5.41) is 6.51. The number of benzene rings is 2. The smallest absolute Gasteiger partial charge is 0.191 e. The number of nitrogens with zero attached hydrogens (tertiary/aromatic N) is 3. The van der Waals surface area contributed by atoms with E-state index in [-0.39, 0.29) is 5.82 Å². The second-order valence-corrected chi connectivity index (χ2v) is 5.96. The van der Waals surface area contributed by atoms with Crippen LogP contribution in [-0.4, -0.2) is 22.6 Å². The number of imidazole rings is 1. The first kappa shape index (κ1) is 17.7. The summed E-state index contributed by atoms with van der Waals surface area (Å²) in [5.41, 5.74) is 3.70. The number of aliphatic imine (C=N–C) groups is 1. The summed E-state index contributed by atoms with van der Waals surface area (Å²) >= 11 is 0. The lowest BCUT2D eigenvalue weighted by molar-refractivity contribution is 0.615. The molecule has 0 saturated heterocycles. The average molecular weight is 351 g/mol. The number of guanidine groups is 1. The molecular formula is C20H22FN5. The number of halogens is 1. The molecule has 6 heteroatoms. The van der Waals surface area contributed by atoms with E-state index in [9.17, 15) is 4.39 Å². The summed E-state index contributed by atoms with van der Waals surface area (Å²) in [6.07, 6.45) is 5.45. The summed E-state index contributed by atoms with van der Waals surface area (Å²) in [6, 6.07) is 13.3. The molecule has 26 heavy (non-hydrogen) atoms. The fourth-order valence-electron chi connectivity index (χ4n) is 2.65. The van der Waals surface area contributed by atoms with E-state index in [1.165, 1.54) is 0 Å². The first-order chi connectivity index (χ1) is 12.7. The Balaban J connectivity index is 1.62. The van der Waals surface area contributed by atoms with Crippen molar-refractivity contribution in [1.29, 1.82) is 0 Å². The molecule has 0 amide bonds. The van der Waals surface area contributed by atoms with Crippen LogP contribution >= 0.6 is 0 Å². The third kappa shape index (κ3) is 4.27. The van der Waals surface area contributed by atoms with Crippen LogP contribution < -0.4 is 10.6 Å². The van der Waals surface area contributed by atoms with Gasteiger partial charge in [0.25, 0.3) is 0 Å². The van der Waals surface area contributed by atoms with E-state index in [1.807, 2.05) is 35.0 Å². The highest BCUT2D eigenvalue weighted by Crippen LogP contribution is 2.14. The van der Waals surface area contributed by atoms with E-state index in [2.05, 4.69) is 26.7 Å². The zero-order chi connectivity index (χ0) is 18.4. The van der Waals surface area contributed by atoms with E-state index in [1.54, 1.807) is 38.6 Å². The largest absolute Gasteiger partial charge is 0.352 e. The zero-order valence-electron chi connectivity index (χ0n) is 14.9. The Bertz CT molecular complexity index is 887. The Labute approximate surface area is 152 Å². The quantitative estimate of drug-likeness (QED) is 0.548. The van der Waals surface area contributed by atoms with Gasteiger partial charge in [0.2, 0.25) is 0 Å². The average Bonchev–Trinajstić information content (AvgIpc) is 3.19. The van der Waals surface area contributed by atoms with Crippen molar-refractivity contribution < 1.29 is 4.39 Å². The number of aryl methyl sites for hydroxylation is 1. The first-order valence-corrected chi connectivity index (χ1v) is 8.43. The molecule has 1 aromatic heterocycles. The number of aromatic nitrogens is 2. The highest BCUT2D eigenvalue weighted by molar-refractivity contribution is 5.79. The third-order valence-corrected chi connectivity index (χ3v) is 4.14. The number of nitrogens with one attached hydrogen (secondary N) is 2. The van der Waals surface area contributed by atoms with E-state index in [4.69, 9.17) is 0 Å². The molecule has 3 aromatic rings. The van der Waals surface area contributed by atoms with Crippen molar-refractivity contribution in [2.45, 2.75) is 20.0 Å². The molecule has 0 fully saturated rings. The normalized spacial score (nSPS) is 11.4. The maximum absolute atomic E-state index is 13.7. The number of hydrogen-bond donors (Lipinski definition) is 2. The van der Waals surface area contributed by atoms with Crippen molar-refractivity contribution in [3.05, 3.63) is 83.7 Å². The molecule has 2 aromatic carbocycles. The third-order valence-electron chi connectivity index (χ3n) is 4.14. The predicted octanol–water partition coefficient (Wildman–Crippen LogP) is 3.19. The summed E-state index contributed by atoms with van der Waals surface area (Å²) in [7, 11) is 1.72. The van der Waals surface area contributed by atoms with Gasteiger partial charge in [-0.2, -0.15) is 0 Å². The van der Waals surface area contributed by atoms with Crippen LogP contribution in [0.1, 0.15) is 16.7 Å². The van der Waals surface area contributed by atoms with Gasteiger partial charge in [0.15, 0.2) is 5.96 Å². The van der Waals surface area contributed by atoms with Crippen molar-refractivity contribution in [2.24, 2.45) is 4.99 Å². The second kappa shape index (κ2) is 8.29. The number of hydrogen-bond acceptors (Lipinski definition) is 2. The fourth-order valence-corrected chi connectivity index (χ4v) is 2.65. The summed E-state index contributed by atoms with van der Waals surface area (Å²) in [6.45, 7) is 2.86. The van der Waals surface area contributed by atoms with Gasteiger partial charge in [0.05, 0.1) is 12.0 Å². The van der Waals surface area contributed by atoms with Crippen LogP contribution in [0.3, 0.4) is 0 Å². The van der Waals surface area contributed by atoms with Gasteiger partial charge in [0, 0.05) is 32.5 Å². The Hall–Kier alpha value is -3.15. The van der Waals surface area contributed by atoms with E-state index in [0.717, 1.165) is 16.8 Å². The van der Waals surface area contributed by atoms with Gasteiger partial charge in [-0.3, -0.25) is 4.99 Å².